The Hall–Kier alpha value is -5.04. The molecule has 8 N–H and O–H groups in total. The first-order chi connectivity index (χ1) is 40.4. The number of alkyl halides is 6. The Morgan fingerprint density at radius 3 is 1.67 bits per heavy atom. The van der Waals surface area contributed by atoms with E-state index in [4.69, 9.17) is 24.5 Å². The quantitative estimate of drug-likeness (QED) is 0.0376. The average Bonchev–Trinajstić information content (AvgIpc) is 2.06. The predicted octanol–water partition coefficient (Wildman–Crippen LogP) is 11.1. The third-order valence-corrected chi connectivity index (χ3v) is 16.9. The van der Waals surface area contributed by atoms with E-state index in [1.54, 1.807) is 24.3 Å². The fourth-order valence-electron chi connectivity index (χ4n) is 10.7. The maximum Gasteiger partial charge on any atom is 0.495 e. The number of carbonyl (C=O) groups excluding carboxylic acids is 2. The molecule has 2 saturated carbocycles. The fourth-order valence-corrected chi connectivity index (χ4v) is 11.3. The van der Waals surface area contributed by atoms with Crippen LogP contribution in [0.15, 0.2) is 60.7 Å². The van der Waals surface area contributed by atoms with Gasteiger partial charge in [0.1, 0.15) is 23.3 Å². The summed E-state index contributed by atoms with van der Waals surface area (Å²) >= 11 is 2.32. The molecule has 4 amide bonds. The van der Waals surface area contributed by atoms with Crippen LogP contribution in [0.5, 0.6) is 0 Å². The summed E-state index contributed by atoms with van der Waals surface area (Å²) in [6.07, 6.45) is -6.91. The predicted molar refractivity (Wildman–Crippen MR) is 342 cm³/mol. The summed E-state index contributed by atoms with van der Waals surface area (Å²) in [5.41, 5.74) is 10.6. The highest BCUT2D eigenvalue weighted by Crippen LogP contribution is 2.38. The molecule has 0 unspecified atom stereocenters. The zero-order chi connectivity index (χ0) is 62.7. The second-order valence-corrected chi connectivity index (χ2v) is 25.1. The van der Waals surface area contributed by atoms with Gasteiger partial charge in [0.15, 0.2) is 0 Å². The molecule has 6 fully saturated rings. The number of benzene rings is 2. The Morgan fingerprint density at radius 2 is 1.20 bits per heavy atom. The molecule has 0 spiro atoms. The van der Waals surface area contributed by atoms with Crippen LogP contribution in [-0.4, -0.2) is 163 Å². The Bertz CT molecular complexity index is 2890. The summed E-state index contributed by atoms with van der Waals surface area (Å²) in [6, 6.07) is 18.4. The minimum absolute atomic E-state index is 0. The lowest BCUT2D eigenvalue weighted by Gasteiger charge is -2.33. The zero-order valence-corrected chi connectivity index (χ0v) is 54.0. The lowest BCUT2D eigenvalue weighted by Crippen LogP contribution is -2.41. The largest absolute Gasteiger partial charge is 0.495 e. The van der Waals surface area contributed by atoms with Gasteiger partial charge in [-0.15, -0.1) is 0 Å². The number of aryl methyl sites for hydroxylation is 2. The van der Waals surface area contributed by atoms with Gasteiger partial charge in [0.25, 0.3) is 0 Å². The smallest absolute Gasteiger partial charge is 0.399 e. The van der Waals surface area contributed by atoms with Gasteiger partial charge in [0.2, 0.25) is 0 Å². The van der Waals surface area contributed by atoms with Crippen LogP contribution in [0.25, 0.3) is 11.1 Å². The van der Waals surface area contributed by atoms with Gasteiger partial charge in [0, 0.05) is 92.4 Å². The number of hydrogen-bond acceptors (Lipinski definition) is 14. The second kappa shape index (κ2) is 31.1. The number of carbonyl (C=O) groups is 2. The molecule has 4 aromatic rings. The number of aliphatic hydroxyl groups excluding tert-OH is 2. The molecule has 6 heterocycles. The second-order valence-electron chi connectivity index (χ2n) is 23.9. The first-order valence-electron chi connectivity index (χ1n) is 29.5. The van der Waals surface area contributed by atoms with Gasteiger partial charge in [-0.3, -0.25) is 0 Å². The molecule has 87 heavy (non-hydrogen) atoms. The molecule has 2 aromatic carbocycles. The molecule has 2 aliphatic carbocycles. The van der Waals surface area contributed by atoms with E-state index in [0.29, 0.717) is 67.8 Å². The summed E-state index contributed by atoms with van der Waals surface area (Å²) < 4.78 is 99.3. The van der Waals surface area contributed by atoms with Crippen LogP contribution in [-0.2, 0) is 18.8 Å². The van der Waals surface area contributed by atoms with E-state index < -0.39 is 67.4 Å². The van der Waals surface area contributed by atoms with Crippen LogP contribution in [0.1, 0.15) is 104 Å². The number of halogens is 7. The number of nitrogens with two attached hydrogens (primary N) is 1. The van der Waals surface area contributed by atoms with Crippen LogP contribution < -0.4 is 37.4 Å². The van der Waals surface area contributed by atoms with Crippen LogP contribution in [0, 0.1) is 29.3 Å². The van der Waals surface area contributed by atoms with Crippen molar-refractivity contribution in [3.05, 3.63) is 75.4 Å². The standard InChI is InChI=1S/C23H28F3N5O2.C20H28BF3N2O3.C13H18IN3O2.C4H10O.H2S/c1-13-2-3-16(29-22(33)31-5-4-14(12-31)11-23(24,25)26)10-19(13)15-6-20(27)30-21(7-15)28-17-8-18(32)9-17;1-13-6-7-15(10-16(13)21-28-18(2,3)19(4,5)29-21)25-17(27)26-9-8-14(12-26)11-20(22,23)24;14-9-5-12(15-10-7-11(18)8-10)16-13(6-9)17-1-3-19-4-2-17;1-3-5-4-2;/h2-3,6-7,10,14,17-18,32H,4-5,8-9,11-12H2,1H3,(H,29,33)(H3,27,28,30);6-7,10,14H,8-9,11-12H2,1-5H3,(H,25,27);5-6,10-11,18H,1-4,7-8H2,(H,15,16);3-4H2,1-2H3;1H2/t14-,17?,18?;14-;;;/m00.../s1. The Balaban J connectivity index is 0.000000205. The van der Waals surface area contributed by atoms with E-state index in [0.717, 1.165) is 91.7 Å². The summed E-state index contributed by atoms with van der Waals surface area (Å²) in [4.78, 5) is 39.3. The number of rotatable bonds is 13. The van der Waals surface area contributed by atoms with Gasteiger partial charge in [-0.25, -0.2) is 19.6 Å². The van der Waals surface area contributed by atoms with E-state index in [2.05, 4.69) is 70.9 Å². The number of pyridine rings is 2. The van der Waals surface area contributed by atoms with Gasteiger partial charge < -0.3 is 70.7 Å². The van der Waals surface area contributed by atoms with Crippen LogP contribution >= 0.6 is 36.1 Å². The highest BCUT2D eigenvalue weighted by molar-refractivity contribution is 14.1. The van der Waals surface area contributed by atoms with E-state index in [1.807, 2.05) is 79.7 Å². The summed E-state index contributed by atoms with van der Waals surface area (Å²) in [6.45, 7) is 21.6. The number of nitrogens with zero attached hydrogens (tertiary/aromatic N) is 5. The summed E-state index contributed by atoms with van der Waals surface area (Å²) in [5, 5.41) is 31.1. The third-order valence-electron chi connectivity index (χ3n) is 16.3. The number of nitrogen functional groups attached to an aromatic ring is 1. The number of aromatic nitrogens is 2. The van der Waals surface area contributed by atoms with Gasteiger partial charge in [0.05, 0.1) is 36.6 Å². The number of morpholine rings is 1. The van der Waals surface area contributed by atoms with E-state index in [-0.39, 0.29) is 44.8 Å². The zero-order valence-electron chi connectivity index (χ0n) is 50.8. The lowest BCUT2D eigenvalue weighted by molar-refractivity contribution is -0.144. The van der Waals surface area contributed by atoms with Crippen molar-refractivity contribution in [2.24, 2.45) is 11.8 Å². The highest BCUT2D eigenvalue weighted by Gasteiger charge is 2.52. The van der Waals surface area contributed by atoms with E-state index >= 15 is 0 Å². The first kappa shape index (κ1) is 71.0. The van der Waals surface area contributed by atoms with Gasteiger partial charge in [-0.2, -0.15) is 39.8 Å². The Kier molecular flexibility index (Phi) is 25.4. The topological polar surface area (TPSA) is 221 Å². The average molecular weight is 1360 g/mol. The lowest BCUT2D eigenvalue weighted by atomic mass is 9.76. The van der Waals surface area contributed by atoms with Crippen LogP contribution in [0.2, 0.25) is 0 Å². The van der Waals surface area contributed by atoms with Crippen LogP contribution in [0.3, 0.4) is 0 Å². The van der Waals surface area contributed by atoms with Crippen molar-refractivity contribution < 1.29 is 64.9 Å². The minimum atomic E-state index is -4.22. The highest BCUT2D eigenvalue weighted by atomic mass is 127. The maximum absolute atomic E-state index is 12.6. The number of hydrogen-bond donors (Lipinski definition) is 7. The molecule has 4 saturated heterocycles. The third kappa shape index (κ3) is 21.3. The monoisotopic (exact) mass is 1360 g/mol. The number of urea groups is 2. The first-order valence-corrected chi connectivity index (χ1v) is 30.6. The molecule has 482 valence electrons. The number of amides is 4. The molecular formula is C60H86BF6IN10O8S. The maximum atomic E-state index is 12.6. The molecule has 4 aliphatic heterocycles. The molecule has 6 aliphatic rings. The molecule has 18 nitrogen and oxygen atoms in total. The van der Waals surface area contributed by atoms with E-state index in [9.17, 15) is 46.1 Å². The Labute approximate surface area is 527 Å². The number of aliphatic hydroxyl groups is 2. The van der Waals surface area contributed by atoms with Gasteiger partial charge in [-0.1, -0.05) is 17.7 Å². The molecule has 27 heteroatoms. The van der Waals surface area contributed by atoms with Crippen molar-refractivity contribution in [2.45, 2.75) is 155 Å². The number of ether oxygens (including phenoxy) is 2. The van der Waals surface area contributed by atoms with Crippen molar-refractivity contribution in [3.63, 3.8) is 0 Å². The Morgan fingerprint density at radius 1 is 0.713 bits per heavy atom. The molecule has 0 bridgehead atoms. The molecule has 2 aromatic heterocycles. The molecular weight excluding hydrogens is 1270 g/mol. The molecule has 2 atom stereocenters. The number of nitrogens with one attached hydrogen (secondary N) is 4. The van der Waals surface area contributed by atoms with Crippen LogP contribution in [0.4, 0.5) is 70.6 Å². The summed E-state index contributed by atoms with van der Waals surface area (Å²) in [5.74, 6) is 1.77. The van der Waals surface area contributed by atoms with Crippen molar-refractivity contribution in [1.29, 1.82) is 0 Å². The minimum Gasteiger partial charge on any atom is -0.399 e. The normalized spacial score (nSPS) is 22.8. The van der Waals surface area contributed by atoms with Crippen molar-refractivity contribution in [1.82, 2.24) is 19.8 Å². The van der Waals surface area contributed by atoms with Crippen molar-refractivity contribution in [3.8, 4) is 11.1 Å². The van der Waals surface area contributed by atoms with Crippen molar-refractivity contribution in [2.75, 3.05) is 97.6 Å². The molecule has 10 rings (SSSR count). The van der Waals surface area contributed by atoms with Gasteiger partial charge >= 0.3 is 31.5 Å². The SMILES string of the molecule is CCOCC.Cc1ccc(NC(=O)N2CC[C@@H](CC(F)(F)F)C2)cc1-c1cc(N)nc(NC2CC(O)C2)c1.Cc1ccc(NC(=O)N2CC[C@@H](CC(F)(F)F)C2)cc1B1OC(C)(C)C(C)(C)O1.OC1CC(Nc2cc(I)cc(N3CCOCC3)n2)C1.S. The number of likely N-dealkylation sites (tertiary alicyclic amines) is 2. The van der Waals surface area contributed by atoms with E-state index in [1.165, 1.54) is 13.4 Å². The number of anilines is 6. The van der Waals surface area contributed by atoms with Gasteiger partial charge in [-0.05, 0) is 199 Å². The fraction of sp³-hybridized carbons (Fsp3) is 0.600. The molecule has 0 radical (unpaired) electrons. The van der Waals surface area contributed by atoms with Crippen molar-refractivity contribution >= 4 is 95.4 Å². The summed E-state index contributed by atoms with van der Waals surface area (Å²) in [7, 11) is -0.556.